The van der Waals surface area contributed by atoms with E-state index < -0.39 is 0 Å². The predicted octanol–water partition coefficient (Wildman–Crippen LogP) is 4.05. The first kappa shape index (κ1) is 21.3. The normalized spacial score (nSPS) is 12.2. The molecule has 3 N–H and O–H groups in total. The maximum atomic E-state index is 11.4. The second-order valence-electron chi connectivity index (χ2n) is 6.79. The van der Waals surface area contributed by atoms with Crippen LogP contribution >= 0.6 is 0 Å². The Labute approximate surface area is 166 Å². The molecule has 1 unspecified atom stereocenters. The largest absolute Gasteiger partial charge is 0.491 e. The molecule has 0 bridgehead atoms. The van der Waals surface area contributed by atoms with Crippen LogP contribution in [-0.2, 0) is 16.0 Å². The van der Waals surface area contributed by atoms with Crippen molar-refractivity contribution in [3.05, 3.63) is 59.2 Å². The number of ether oxygens (including phenoxy) is 2. The highest BCUT2D eigenvalue weighted by atomic mass is 16.5. The molecule has 150 valence electrons. The van der Waals surface area contributed by atoms with Crippen molar-refractivity contribution in [1.82, 2.24) is 0 Å². The van der Waals surface area contributed by atoms with E-state index in [1.54, 1.807) is 6.21 Å². The molecule has 0 saturated heterocycles. The highest BCUT2D eigenvalue weighted by Gasteiger charge is 2.16. The summed E-state index contributed by atoms with van der Waals surface area (Å²) in [5.41, 5.74) is 3.97. The van der Waals surface area contributed by atoms with E-state index in [9.17, 15) is 4.79 Å². The van der Waals surface area contributed by atoms with Crippen LogP contribution in [-0.4, -0.2) is 24.9 Å². The van der Waals surface area contributed by atoms with Crippen LogP contribution in [0.25, 0.3) is 0 Å². The van der Waals surface area contributed by atoms with Gasteiger partial charge in [-0.2, -0.15) is 5.10 Å². The van der Waals surface area contributed by atoms with E-state index in [0.29, 0.717) is 0 Å². The highest BCUT2D eigenvalue weighted by molar-refractivity contribution is 5.80. The molecule has 6 nitrogen and oxygen atoms in total. The molecule has 0 fully saturated rings. The second-order valence-corrected chi connectivity index (χ2v) is 6.79. The SMILES string of the molecule is CCc1cc(C(COC(C)=O)Nc2ccc(C=NN)cc2)ccc1OC(C)C. The minimum absolute atomic E-state index is 0.113. The number of anilines is 1. The van der Waals surface area contributed by atoms with Gasteiger partial charge in [-0.05, 0) is 61.2 Å². The van der Waals surface area contributed by atoms with Crippen molar-refractivity contribution >= 4 is 17.9 Å². The monoisotopic (exact) mass is 383 g/mol. The Balaban J connectivity index is 2.27. The van der Waals surface area contributed by atoms with E-state index in [2.05, 4.69) is 23.4 Å². The molecule has 0 saturated carbocycles. The van der Waals surface area contributed by atoms with Gasteiger partial charge in [0.1, 0.15) is 12.4 Å². The number of rotatable bonds is 9. The van der Waals surface area contributed by atoms with Crippen molar-refractivity contribution in [1.29, 1.82) is 0 Å². The lowest BCUT2D eigenvalue weighted by Gasteiger charge is -2.22. The first-order valence-electron chi connectivity index (χ1n) is 9.45. The van der Waals surface area contributed by atoms with E-state index in [4.69, 9.17) is 15.3 Å². The summed E-state index contributed by atoms with van der Waals surface area (Å²) in [5, 5.41) is 6.96. The number of aryl methyl sites for hydroxylation is 1. The molecule has 0 spiro atoms. The van der Waals surface area contributed by atoms with Gasteiger partial charge >= 0.3 is 5.97 Å². The number of hydrogen-bond donors (Lipinski definition) is 2. The first-order valence-corrected chi connectivity index (χ1v) is 9.45. The number of nitrogens with one attached hydrogen (secondary N) is 1. The van der Waals surface area contributed by atoms with Gasteiger partial charge in [-0.1, -0.05) is 25.1 Å². The maximum absolute atomic E-state index is 11.4. The molecule has 0 aliphatic rings. The van der Waals surface area contributed by atoms with E-state index in [1.165, 1.54) is 6.92 Å². The number of carbonyl (C=O) groups is 1. The minimum Gasteiger partial charge on any atom is -0.491 e. The van der Waals surface area contributed by atoms with Crippen molar-refractivity contribution in [3.8, 4) is 5.75 Å². The smallest absolute Gasteiger partial charge is 0.302 e. The van der Waals surface area contributed by atoms with Gasteiger partial charge in [-0.3, -0.25) is 4.79 Å². The Morgan fingerprint density at radius 2 is 1.93 bits per heavy atom. The number of nitrogens with zero attached hydrogens (tertiary/aromatic N) is 1. The standard InChI is InChI=1S/C22H29N3O3/c1-5-18-12-19(8-11-22(18)28-15(2)3)21(14-27-16(4)26)25-20-9-6-17(7-10-20)13-24-23/h6-13,15,21,25H,5,14,23H2,1-4H3. The topological polar surface area (TPSA) is 85.9 Å². The molecule has 0 aliphatic carbocycles. The maximum Gasteiger partial charge on any atom is 0.302 e. The van der Waals surface area contributed by atoms with Crippen molar-refractivity contribution in [2.24, 2.45) is 10.9 Å². The fourth-order valence-electron chi connectivity index (χ4n) is 2.84. The predicted molar refractivity (Wildman–Crippen MR) is 113 cm³/mol. The van der Waals surface area contributed by atoms with Crippen LogP contribution in [0.3, 0.4) is 0 Å². The van der Waals surface area contributed by atoms with E-state index in [0.717, 1.165) is 34.5 Å². The quantitative estimate of drug-likeness (QED) is 0.295. The van der Waals surface area contributed by atoms with E-state index >= 15 is 0 Å². The molecule has 6 heteroatoms. The lowest BCUT2D eigenvalue weighted by atomic mass is 10.0. The fourth-order valence-corrected chi connectivity index (χ4v) is 2.84. The van der Waals surface area contributed by atoms with Gasteiger partial charge in [0.15, 0.2) is 0 Å². The van der Waals surface area contributed by atoms with Crippen LogP contribution in [0.2, 0.25) is 0 Å². The molecule has 0 aliphatic heterocycles. The van der Waals surface area contributed by atoms with Crippen molar-refractivity contribution in [2.45, 2.75) is 46.3 Å². The van der Waals surface area contributed by atoms with Crippen molar-refractivity contribution in [2.75, 3.05) is 11.9 Å². The molecule has 28 heavy (non-hydrogen) atoms. The third-order valence-corrected chi connectivity index (χ3v) is 4.16. The molecule has 2 aromatic rings. The first-order chi connectivity index (χ1) is 13.4. The highest BCUT2D eigenvalue weighted by Crippen LogP contribution is 2.27. The third kappa shape index (κ3) is 6.30. The van der Waals surface area contributed by atoms with Crippen LogP contribution in [0.5, 0.6) is 5.75 Å². The van der Waals surface area contributed by atoms with Crippen LogP contribution in [0.1, 0.15) is 50.4 Å². The van der Waals surface area contributed by atoms with Crippen LogP contribution in [0, 0.1) is 0 Å². The average Bonchev–Trinajstić information content (AvgIpc) is 2.66. The zero-order chi connectivity index (χ0) is 20.5. The number of carbonyl (C=O) groups excluding carboxylic acids is 1. The van der Waals surface area contributed by atoms with Crippen LogP contribution in [0.4, 0.5) is 5.69 Å². The number of hydrazone groups is 1. The Morgan fingerprint density at radius 1 is 1.21 bits per heavy atom. The summed E-state index contributed by atoms with van der Waals surface area (Å²) in [6.45, 7) is 7.76. The fraction of sp³-hybridized carbons (Fsp3) is 0.364. The van der Waals surface area contributed by atoms with Crippen LogP contribution in [0.15, 0.2) is 47.6 Å². The molecule has 0 radical (unpaired) electrons. The summed E-state index contributed by atoms with van der Waals surface area (Å²) in [4.78, 5) is 11.4. The van der Waals surface area contributed by atoms with Gasteiger partial charge < -0.3 is 20.6 Å². The van der Waals surface area contributed by atoms with E-state index in [-0.39, 0.29) is 24.7 Å². The third-order valence-electron chi connectivity index (χ3n) is 4.16. The lowest BCUT2D eigenvalue weighted by molar-refractivity contribution is -0.141. The average molecular weight is 383 g/mol. The summed E-state index contributed by atoms with van der Waals surface area (Å²) >= 11 is 0. The second kappa shape index (κ2) is 10.3. The van der Waals surface area contributed by atoms with E-state index in [1.807, 2.05) is 50.2 Å². The molecular formula is C22H29N3O3. The van der Waals surface area contributed by atoms with Gasteiger partial charge in [-0.15, -0.1) is 0 Å². The molecular weight excluding hydrogens is 354 g/mol. The zero-order valence-electron chi connectivity index (χ0n) is 16.9. The number of benzene rings is 2. The molecule has 1 atom stereocenters. The molecule has 2 aromatic carbocycles. The molecule has 0 amide bonds. The Bertz CT molecular complexity index is 801. The lowest BCUT2D eigenvalue weighted by Crippen LogP contribution is -2.19. The molecule has 0 heterocycles. The summed E-state index contributed by atoms with van der Waals surface area (Å²) in [6.07, 6.45) is 2.55. The summed E-state index contributed by atoms with van der Waals surface area (Å²) in [5.74, 6) is 5.77. The Kier molecular flexibility index (Phi) is 7.87. The number of esters is 1. The van der Waals surface area contributed by atoms with Gasteiger partial charge in [0.05, 0.1) is 18.4 Å². The zero-order valence-corrected chi connectivity index (χ0v) is 16.9. The Hall–Kier alpha value is -3.02. The minimum atomic E-state index is -0.309. The Morgan fingerprint density at radius 3 is 2.50 bits per heavy atom. The number of nitrogens with two attached hydrogens (primary N) is 1. The van der Waals surface area contributed by atoms with Crippen molar-refractivity contribution < 1.29 is 14.3 Å². The summed E-state index contributed by atoms with van der Waals surface area (Å²) in [6, 6.07) is 13.6. The summed E-state index contributed by atoms with van der Waals surface area (Å²) in [7, 11) is 0. The van der Waals surface area contributed by atoms with Gasteiger partial charge in [0.2, 0.25) is 0 Å². The van der Waals surface area contributed by atoms with Crippen molar-refractivity contribution in [3.63, 3.8) is 0 Å². The van der Waals surface area contributed by atoms with Gasteiger partial charge in [0.25, 0.3) is 0 Å². The molecule has 0 aromatic heterocycles. The van der Waals surface area contributed by atoms with Gasteiger partial charge in [-0.25, -0.2) is 0 Å². The summed E-state index contributed by atoms with van der Waals surface area (Å²) < 4.78 is 11.2. The van der Waals surface area contributed by atoms with Crippen LogP contribution < -0.4 is 15.9 Å². The number of hydrogen-bond acceptors (Lipinski definition) is 6. The molecule has 2 rings (SSSR count). The van der Waals surface area contributed by atoms with Gasteiger partial charge in [0, 0.05) is 12.6 Å².